The second-order valence-electron chi connectivity index (χ2n) is 6.63. The molecule has 1 aliphatic heterocycles. The van der Waals surface area contributed by atoms with Crippen molar-refractivity contribution in [3.05, 3.63) is 100 Å². The van der Waals surface area contributed by atoms with Crippen molar-refractivity contribution in [3.63, 3.8) is 0 Å². The lowest BCUT2D eigenvalue weighted by molar-refractivity contribution is -0.387. The molecule has 3 aromatic rings. The van der Waals surface area contributed by atoms with Crippen LogP contribution >= 0.6 is 0 Å². The van der Waals surface area contributed by atoms with E-state index < -0.39 is 32.7 Å². The van der Waals surface area contributed by atoms with E-state index in [2.05, 4.69) is 0 Å². The standard InChI is InChI=1S/C21H18N2O5S/c1-28-17-13-11-16(12-14-17)21-20(15-7-3-2-4-8-15)22(21)29(26,27)19-10-6-5-9-18(19)23(24)25/h2-14,20-21H,1H3/t20-,21+,22?/m1/s1. The van der Waals surface area contributed by atoms with E-state index in [9.17, 15) is 18.5 Å². The van der Waals surface area contributed by atoms with E-state index in [1.54, 1.807) is 19.2 Å². The van der Waals surface area contributed by atoms with Gasteiger partial charge in [-0.2, -0.15) is 4.31 Å². The number of hydrogen-bond acceptors (Lipinski definition) is 5. The van der Waals surface area contributed by atoms with Crippen molar-refractivity contribution in [2.24, 2.45) is 0 Å². The zero-order valence-corrected chi connectivity index (χ0v) is 16.3. The summed E-state index contributed by atoms with van der Waals surface area (Å²) >= 11 is 0. The minimum absolute atomic E-state index is 0.304. The highest BCUT2D eigenvalue weighted by Crippen LogP contribution is 2.58. The van der Waals surface area contributed by atoms with Crippen LogP contribution in [0.15, 0.2) is 83.8 Å². The van der Waals surface area contributed by atoms with Gasteiger partial charge in [-0.15, -0.1) is 0 Å². The Labute approximate surface area is 168 Å². The lowest BCUT2D eigenvalue weighted by Crippen LogP contribution is -2.15. The average molecular weight is 410 g/mol. The van der Waals surface area contributed by atoms with Crippen LogP contribution in [0.2, 0.25) is 0 Å². The molecule has 1 unspecified atom stereocenters. The van der Waals surface area contributed by atoms with Crippen LogP contribution in [0.5, 0.6) is 5.75 Å². The van der Waals surface area contributed by atoms with Gasteiger partial charge in [-0.25, -0.2) is 8.42 Å². The molecular weight excluding hydrogens is 392 g/mol. The zero-order valence-electron chi connectivity index (χ0n) is 15.5. The molecule has 0 saturated carbocycles. The van der Waals surface area contributed by atoms with Crippen molar-refractivity contribution in [1.29, 1.82) is 0 Å². The quantitative estimate of drug-likeness (QED) is 0.347. The fraction of sp³-hybridized carbons (Fsp3) is 0.143. The predicted molar refractivity (Wildman–Crippen MR) is 107 cm³/mol. The number of nitrogens with zero attached hydrogens (tertiary/aromatic N) is 2. The molecule has 0 spiro atoms. The lowest BCUT2D eigenvalue weighted by atomic mass is 10.0. The third kappa shape index (κ3) is 3.37. The molecule has 29 heavy (non-hydrogen) atoms. The molecule has 1 fully saturated rings. The first-order chi connectivity index (χ1) is 13.9. The van der Waals surface area contributed by atoms with E-state index >= 15 is 0 Å². The van der Waals surface area contributed by atoms with Crippen LogP contribution in [0.4, 0.5) is 5.69 Å². The Morgan fingerprint density at radius 3 is 2.00 bits per heavy atom. The van der Waals surface area contributed by atoms with Crippen LogP contribution in [0.3, 0.4) is 0 Å². The Hall–Kier alpha value is -3.23. The van der Waals surface area contributed by atoms with Crippen LogP contribution < -0.4 is 4.74 Å². The molecule has 3 aromatic carbocycles. The number of benzene rings is 3. The number of ether oxygens (including phenoxy) is 1. The first kappa shape index (κ1) is 19.1. The van der Waals surface area contributed by atoms with Crippen molar-refractivity contribution in [2.45, 2.75) is 17.0 Å². The van der Waals surface area contributed by atoms with Gasteiger partial charge in [-0.1, -0.05) is 54.6 Å². The maximum absolute atomic E-state index is 13.4. The molecule has 7 nitrogen and oxygen atoms in total. The summed E-state index contributed by atoms with van der Waals surface area (Å²) in [6.07, 6.45) is 0. The molecule has 0 N–H and O–H groups in total. The van der Waals surface area contributed by atoms with Gasteiger partial charge in [0.05, 0.1) is 24.1 Å². The highest BCUT2D eigenvalue weighted by molar-refractivity contribution is 7.89. The van der Waals surface area contributed by atoms with Gasteiger partial charge < -0.3 is 4.74 Å². The van der Waals surface area contributed by atoms with Gasteiger partial charge in [0.25, 0.3) is 15.7 Å². The molecule has 1 heterocycles. The lowest BCUT2D eigenvalue weighted by Gasteiger charge is -2.08. The largest absolute Gasteiger partial charge is 0.497 e. The van der Waals surface area contributed by atoms with Crippen molar-refractivity contribution >= 4 is 15.7 Å². The van der Waals surface area contributed by atoms with E-state index in [-0.39, 0.29) is 4.90 Å². The highest BCUT2D eigenvalue weighted by atomic mass is 32.2. The summed E-state index contributed by atoms with van der Waals surface area (Å²) in [6, 6.07) is 21.0. The Morgan fingerprint density at radius 1 is 0.862 bits per heavy atom. The van der Waals surface area contributed by atoms with Crippen molar-refractivity contribution in [3.8, 4) is 5.75 Å². The van der Waals surface area contributed by atoms with Gasteiger partial charge in [0.2, 0.25) is 0 Å². The Balaban J connectivity index is 1.80. The van der Waals surface area contributed by atoms with Crippen molar-refractivity contribution in [2.75, 3.05) is 7.11 Å². The van der Waals surface area contributed by atoms with Crippen molar-refractivity contribution in [1.82, 2.24) is 4.31 Å². The van der Waals surface area contributed by atoms with Crippen LogP contribution in [-0.4, -0.2) is 24.8 Å². The first-order valence-electron chi connectivity index (χ1n) is 8.91. The van der Waals surface area contributed by atoms with E-state index in [0.717, 1.165) is 11.1 Å². The second-order valence-corrected chi connectivity index (χ2v) is 8.44. The zero-order chi connectivity index (χ0) is 20.6. The maximum atomic E-state index is 13.4. The molecule has 3 atom stereocenters. The number of rotatable bonds is 6. The van der Waals surface area contributed by atoms with E-state index in [4.69, 9.17) is 4.74 Å². The molecule has 8 heteroatoms. The number of hydrogen-bond donors (Lipinski definition) is 0. The van der Waals surface area contributed by atoms with Crippen LogP contribution in [0, 0.1) is 10.1 Å². The van der Waals surface area contributed by atoms with Crippen LogP contribution in [0.25, 0.3) is 0 Å². The van der Waals surface area contributed by atoms with Gasteiger partial charge in [0.15, 0.2) is 4.90 Å². The van der Waals surface area contributed by atoms with Gasteiger partial charge >= 0.3 is 0 Å². The fourth-order valence-corrected chi connectivity index (χ4v) is 5.46. The number of sulfonamides is 1. The van der Waals surface area contributed by atoms with Crippen LogP contribution in [0.1, 0.15) is 23.2 Å². The molecule has 0 aliphatic carbocycles. The first-order valence-corrected chi connectivity index (χ1v) is 10.3. The minimum Gasteiger partial charge on any atom is -0.497 e. The molecular formula is C21H18N2O5S. The third-order valence-corrected chi connectivity index (χ3v) is 6.88. The summed E-state index contributed by atoms with van der Waals surface area (Å²) in [5, 5.41) is 11.4. The molecule has 1 aliphatic rings. The van der Waals surface area contributed by atoms with Crippen LogP contribution in [-0.2, 0) is 10.0 Å². The minimum atomic E-state index is -4.09. The van der Waals surface area contributed by atoms with Crippen molar-refractivity contribution < 1.29 is 18.1 Å². The van der Waals surface area contributed by atoms with Gasteiger partial charge in [0, 0.05) is 6.07 Å². The maximum Gasteiger partial charge on any atom is 0.289 e. The highest BCUT2D eigenvalue weighted by Gasteiger charge is 2.58. The molecule has 0 amide bonds. The molecule has 0 aromatic heterocycles. The normalized spacial score (nSPS) is 20.8. The summed E-state index contributed by atoms with van der Waals surface area (Å²) in [6.45, 7) is 0. The van der Waals surface area contributed by atoms with E-state index in [0.29, 0.717) is 5.75 Å². The summed E-state index contributed by atoms with van der Waals surface area (Å²) in [4.78, 5) is 10.4. The monoisotopic (exact) mass is 410 g/mol. The molecule has 0 bridgehead atoms. The van der Waals surface area contributed by atoms with E-state index in [1.165, 1.54) is 28.6 Å². The summed E-state index contributed by atoms with van der Waals surface area (Å²) in [5.41, 5.74) is 1.19. The van der Waals surface area contributed by atoms with Gasteiger partial charge in [-0.05, 0) is 29.3 Å². The topological polar surface area (TPSA) is 89.5 Å². The number of nitro groups is 1. The molecule has 0 radical (unpaired) electrons. The average Bonchev–Trinajstić information content (AvgIpc) is 3.51. The Bertz CT molecular complexity index is 1150. The van der Waals surface area contributed by atoms with Gasteiger partial charge in [-0.3, -0.25) is 10.1 Å². The second kappa shape index (κ2) is 7.31. The number of nitro benzene ring substituents is 1. The predicted octanol–water partition coefficient (Wildman–Crippen LogP) is 4.09. The third-order valence-electron chi connectivity index (χ3n) is 4.97. The molecule has 1 saturated heterocycles. The number of methoxy groups -OCH3 is 1. The fourth-order valence-electron chi connectivity index (χ4n) is 3.56. The molecule has 4 rings (SSSR count). The SMILES string of the molecule is COc1ccc([C@H]2[C@@H](c3ccccc3)N2S(=O)(=O)c2ccccc2[N+](=O)[O-])cc1. The number of para-hydroxylation sites is 1. The van der Waals surface area contributed by atoms with Gasteiger partial charge in [0.1, 0.15) is 5.75 Å². The molecule has 148 valence electrons. The summed E-state index contributed by atoms with van der Waals surface area (Å²) < 4.78 is 33.3. The Morgan fingerprint density at radius 2 is 1.41 bits per heavy atom. The van der Waals surface area contributed by atoms with E-state index in [1.807, 2.05) is 42.5 Å². The summed E-state index contributed by atoms with van der Waals surface area (Å²) in [5.74, 6) is 0.666. The Kier molecular flexibility index (Phi) is 4.81. The summed E-state index contributed by atoms with van der Waals surface area (Å²) in [7, 11) is -2.53. The smallest absolute Gasteiger partial charge is 0.289 e.